The summed E-state index contributed by atoms with van der Waals surface area (Å²) in [5.74, 6) is -0.457. The molecule has 3 N–H and O–H groups in total. The number of halogens is 3. The van der Waals surface area contributed by atoms with Gasteiger partial charge in [-0.2, -0.15) is 0 Å². The third-order valence-corrected chi connectivity index (χ3v) is 5.06. The molecule has 1 aromatic carbocycles. The van der Waals surface area contributed by atoms with Crippen molar-refractivity contribution in [3.63, 3.8) is 0 Å². The topological polar surface area (TPSA) is 55.1 Å². The number of benzene rings is 1. The fourth-order valence-corrected chi connectivity index (χ4v) is 4.11. The summed E-state index contributed by atoms with van der Waals surface area (Å²) in [7, 11) is 0. The minimum atomic E-state index is -0.539. The number of fused-ring (bicyclic) bond motifs is 2. The summed E-state index contributed by atoms with van der Waals surface area (Å²) in [6.45, 7) is 0. The molecule has 0 aromatic heterocycles. The molecule has 6 heteroatoms. The van der Waals surface area contributed by atoms with Gasteiger partial charge in [0.15, 0.2) is 0 Å². The summed E-state index contributed by atoms with van der Waals surface area (Å²) in [6.07, 6.45) is 5.12. The molecule has 0 radical (unpaired) electrons. The molecule has 0 spiro atoms. The summed E-state index contributed by atoms with van der Waals surface area (Å²) in [4.78, 5) is 12.2. The van der Waals surface area contributed by atoms with Crippen molar-refractivity contribution in [2.75, 3.05) is 0 Å². The van der Waals surface area contributed by atoms with Crippen LogP contribution < -0.4 is 11.1 Å². The molecule has 1 aromatic rings. The Hall–Kier alpha value is -1.20. The zero-order valence-corrected chi connectivity index (χ0v) is 13.8. The Morgan fingerprint density at radius 2 is 1.87 bits per heavy atom. The summed E-state index contributed by atoms with van der Waals surface area (Å²) >= 11 is 0. The van der Waals surface area contributed by atoms with Crippen molar-refractivity contribution >= 4 is 18.3 Å². The fourth-order valence-electron chi connectivity index (χ4n) is 4.11. The van der Waals surface area contributed by atoms with E-state index in [1.54, 1.807) is 0 Å². The summed E-state index contributed by atoms with van der Waals surface area (Å²) in [5.41, 5.74) is 6.18. The number of carbonyl (C=O) groups excluding carboxylic acids is 1. The van der Waals surface area contributed by atoms with Crippen LogP contribution in [0.2, 0.25) is 0 Å². The predicted molar refractivity (Wildman–Crippen MR) is 87.3 cm³/mol. The predicted octanol–water partition coefficient (Wildman–Crippen LogP) is 2.95. The zero-order valence-electron chi connectivity index (χ0n) is 12.9. The van der Waals surface area contributed by atoms with E-state index < -0.39 is 11.6 Å². The minimum Gasteiger partial charge on any atom is -0.353 e. The number of rotatable bonds is 3. The van der Waals surface area contributed by atoms with E-state index in [2.05, 4.69) is 5.32 Å². The van der Waals surface area contributed by atoms with E-state index in [1.807, 2.05) is 0 Å². The highest BCUT2D eigenvalue weighted by molar-refractivity contribution is 5.85. The normalized spacial score (nSPS) is 29.5. The van der Waals surface area contributed by atoms with Crippen LogP contribution in [0.5, 0.6) is 0 Å². The number of carbonyl (C=O) groups is 1. The Labute approximate surface area is 141 Å². The van der Waals surface area contributed by atoms with Crippen molar-refractivity contribution in [1.82, 2.24) is 5.32 Å². The van der Waals surface area contributed by atoms with Gasteiger partial charge in [-0.1, -0.05) is 6.42 Å². The highest BCUT2D eigenvalue weighted by Crippen LogP contribution is 2.39. The van der Waals surface area contributed by atoms with Crippen molar-refractivity contribution in [1.29, 1.82) is 0 Å². The van der Waals surface area contributed by atoms with E-state index in [4.69, 9.17) is 5.73 Å². The Bertz CT molecular complexity index is 556. The van der Waals surface area contributed by atoms with Crippen LogP contribution in [0.25, 0.3) is 0 Å². The first-order chi connectivity index (χ1) is 10.5. The van der Waals surface area contributed by atoms with Crippen molar-refractivity contribution in [3.8, 4) is 0 Å². The third-order valence-electron chi connectivity index (χ3n) is 5.06. The van der Waals surface area contributed by atoms with E-state index in [0.29, 0.717) is 11.8 Å². The summed E-state index contributed by atoms with van der Waals surface area (Å²) in [6, 6.07) is 3.57. The molecule has 128 valence electrons. The van der Waals surface area contributed by atoms with Crippen LogP contribution in [0.3, 0.4) is 0 Å². The van der Waals surface area contributed by atoms with Gasteiger partial charge in [-0.05, 0) is 55.7 Å². The van der Waals surface area contributed by atoms with Crippen LogP contribution >= 0.6 is 12.4 Å². The monoisotopic (exact) mass is 344 g/mol. The lowest BCUT2D eigenvalue weighted by molar-refractivity contribution is -0.122. The number of nitrogens with two attached hydrogens (primary N) is 1. The van der Waals surface area contributed by atoms with Gasteiger partial charge >= 0.3 is 0 Å². The molecule has 0 saturated heterocycles. The molecule has 0 aliphatic heterocycles. The van der Waals surface area contributed by atoms with Crippen molar-refractivity contribution in [2.45, 2.75) is 50.6 Å². The number of nitrogens with one attached hydrogen (secondary N) is 1. The van der Waals surface area contributed by atoms with E-state index in [0.717, 1.165) is 43.9 Å². The van der Waals surface area contributed by atoms with Gasteiger partial charge < -0.3 is 11.1 Å². The highest BCUT2D eigenvalue weighted by atomic mass is 35.5. The molecule has 2 bridgehead atoms. The molecule has 2 aliphatic carbocycles. The number of hydrogen-bond donors (Lipinski definition) is 2. The molecular formula is C17H23ClF2N2O. The smallest absolute Gasteiger partial charge is 0.224 e. The Balaban J connectivity index is 0.00000192. The maximum Gasteiger partial charge on any atom is 0.224 e. The van der Waals surface area contributed by atoms with Crippen LogP contribution in [-0.2, 0) is 11.2 Å². The molecule has 2 atom stereocenters. The molecule has 2 aliphatic rings. The third kappa shape index (κ3) is 4.21. The molecule has 1 amide bonds. The van der Waals surface area contributed by atoms with Crippen LogP contribution in [0.15, 0.2) is 18.2 Å². The van der Waals surface area contributed by atoms with Crippen molar-refractivity contribution < 1.29 is 13.6 Å². The van der Waals surface area contributed by atoms with Gasteiger partial charge in [0.2, 0.25) is 5.91 Å². The maximum absolute atomic E-state index is 13.6. The molecule has 2 fully saturated rings. The van der Waals surface area contributed by atoms with E-state index in [-0.39, 0.29) is 42.4 Å². The second-order valence-corrected chi connectivity index (χ2v) is 6.69. The lowest BCUT2D eigenvalue weighted by atomic mass is 9.67. The molecule has 2 saturated carbocycles. The molecule has 3 nitrogen and oxygen atoms in total. The van der Waals surface area contributed by atoms with Gasteiger partial charge in [0.25, 0.3) is 0 Å². The average molecular weight is 345 g/mol. The Kier molecular flexibility index (Phi) is 5.98. The van der Waals surface area contributed by atoms with Crippen LogP contribution in [0.1, 0.15) is 37.7 Å². The lowest BCUT2D eigenvalue weighted by Crippen LogP contribution is -2.54. The first-order valence-electron chi connectivity index (χ1n) is 8.02. The second kappa shape index (κ2) is 7.58. The van der Waals surface area contributed by atoms with Crippen molar-refractivity contribution in [2.24, 2.45) is 17.6 Å². The molecule has 23 heavy (non-hydrogen) atoms. The van der Waals surface area contributed by atoms with Gasteiger partial charge in [-0.25, -0.2) is 8.78 Å². The number of amides is 1. The first kappa shape index (κ1) is 18.1. The van der Waals surface area contributed by atoms with Crippen LogP contribution in [0, 0.1) is 23.5 Å². The number of hydrogen-bond acceptors (Lipinski definition) is 2. The molecule has 0 heterocycles. The molecule has 3 rings (SSSR count). The maximum atomic E-state index is 13.6. The largest absolute Gasteiger partial charge is 0.353 e. The Morgan fingerprint density at radius 1 is 1.22 bits per heavy atom. The highest BCUT2D eigenvalue weighted by Gasteiger charge is 2.39. The van der Waals surface area contributed by atoms with Gasteiger partial charge in [-0.15, -0.1) is 12.4 Å². The van der Waals surface area contributed by atoms with Gasteiger partial charge in [0, 0.05) is 17.6 Å². The van der Waals surface area contributed by atoms with E-state index in [9.17, 15) is 13.6 Å². The summed E-state index contributed by atoms with van der Waals surface area (Å²) < 4.78 is 26.8. The molecular weight excluding hydrogens is 322 g/mol. The van der Waals surface area contributed by atoms with Crippen molar-refractivity contribution in [3.05, 3.63) is 35.4 Å². The van der Waals surface area contributed by atoms with Crippen LogP contribution in [0.4, 0.5) is 8.78 Å². The standard InChI is InChI=1S/C17H22F2N2O.ClH/c18-13-4-5-15(19)12(6-13)9-16(22)21-17-10-2-1-3-11(17)8-14(20)7-10;/h4-6,10-11,14,17H,1-3,7-9,20H2,(H,21,22);1H. The lowest BCUT2D eigenvalue weighted by Gasteiger charge is -2.45. The average Bonchev–Trinajstić information content (AvgIpc) is 2.44. The quantitative estimate of drug-likeness (QED) is 0.885. The summed E-state index contributed by atoms with van der Waals surface area (Å²) in [5, 5.41) is 3.05. The van der Waals surface area contributed by atoms with Gasteiger partial charge in [-0.3, -0.25) is 4.79 Å². The van der Waals surface area contributed by atoms with Gasteiger partial charge in [0.1, 0.15) is 11.6 Å². The minimum absolute atomic E-state index is 0. The second-order valence-electron chi connectivity index (χ2n) is 6.69. The Morgan fingerprint density at radius 3 is 2.52 bits per heavy atom. The van der Waals surface area contributed by atoms with Crippen LogP contribution in [-0.4, -0.2) is 18.0 Å². The van der Waals surface area contributed by atoms with Gasteiger partial charge in [0.05, 0.1) is 6.42 Å². The first-order valence-corrected chi connectivity index (χ1v) is 8.02. The van der Waals surface area contributed by atoms with E-state index in [1.165, 1.54) is 6.42 Å². The molecule has 2 unspecified atom stereocenters. The zero-order chi connectivity index (χ0) is 15.7. The fraction of sp³-hybridized carbons (Fsp3) is 0.588. The van der Waals surface area contributed by atoms with E-state index >= 15 is 0 Å². The SMILES string of the molecule is Cl.NC1CC2CCCC(C1)C2NC(=O)Cc1cc(F)ccc1F.